The van der Waals surface area contributed by atoms with Crippen molar-refractivity contribution in [3.05, 3.63) is 36.1 Å². The van der Waals surface area contributed by atoms with Gasteiger partial charge in [-0.05, 0) is 25.5 Å². The number of hydrogen-bond donors (Lipinski definition) is 0. The van der Waals surface area contributed by atoms with Crippen LogP contribution in [0.2, 0.25) is 0 Å². The first-order valence-corrected chi connectivity index (χ1v) is 6.37. The van der Waals surface area contributed by atoms with Gasteiger partial charge >= 0.3 is 0 Å². The maximum atomic E-state index is 11.9. The monoisotopic (exact) mass is 245 g/mol. The van der Waals surface area contributed by atoms with E-state index in [0.29, 0.717) is 6.42 Å². The van der Waals surface area contributed by atoms with Gasteiger partial charge in [-0.15, -0.1) is 0 Å². The summed E-state index contributed by atoms with van der Waals surface area (Å²) in [4.78, 5) is 13.6. The Bertz CT molecular complexity index is 511. The molecule has 1 heterocycles. The Morgan fingerprint density at radius 1 is 1.39 bits per heavy atom. The number of nitrogens with zero attached hydrogens (tertiary/aromatic N) is 1. The molecule has 1 aromatic carbocycles. The number of benzene rings is 1. The van der Waals surface area contributed by atoms with Crippen LogP contribution in [0.4, 0.5) is 0 Å². The van der Waals surface area contributed by atoms with Gasteiger partial charge in [-0.2, -0.15) is 0 Å². The van der Waals surface area contributed by atoms with E-state index in [-0.39, 0.29) is 11.9 Å². The molecule has 0 N–H and O–H groups in total. The van der Waals surface area contributed by atoms with Crippen molar-refractivity contribution in [1.29, 1.82) is 0 Å². The van der Waals surface area contributed by atoms with Gasteiger partial charge in [-0.25, -0.2) is 0 Å². The first-order valence-electron chi connectivity index (χ1n) is 6.37. The summed E-state index contributed by atoms with van der Waals surface area (Å²) < 4.78 is 5.79. The van der Waals surface area contributed by atoms with Crippen LogP contribution in [0.25, 0.3) is 11.0 Å². The highest BCUT2D eigenvalue weighted by atomic mass is 16.3. The van der Waals surface area contributed by atoms with Gasteiger partial charge in [0.15, 0.2) is 0 Å². The van der Waals surface area contributed by atoms with Crippen LogP contribution in [0, 0.1) is 0 Å². The molecule has 0 spiro atoms. The first kappa shape index (κ1) is 12.7. The summed E-state index contributed by atoms with van der Waals surface area (Å²) >= 11 is 0. The van der Waals surface area contributed by atoms with Crippen molar-refractivity contribution in [2.24, 2.45) is 0 Å². The molecule has 0 bridgehead atoms. The van der Waals surface area contributed by atoms with Crippen molar-refractivity contribution in [2.75, 3.05) is 7.05 Å². The molecular weight excluding hydrogens is 226 g/mol. The van der Waals surface area contributed by atoms with Crippen LogP contribution < -0.4 is 0 Å². The van der Waals surface area contributed by atoms with E-state index in [1.54, 1.807) is 4.90 Å². The van der Waals surface area contributed by atoms with Crippen molar-refractivity contribution < 1.29 is 9.21 Å². The number of fused-ring (bicyclic) bond motifs is 1. The van der Waals surface area contributed by atoms with Crippen LogP contribution in [-0.2, 0) is 4.79 Å². The van der Waals surface area contributed by atoms with E-state index in [1.807, 2.05) is 51.2 Å². The summed E-state index contributed by atoms with van der Waals surface area (Å²) in [5, 5.41) is 1.08. The van der Waals surface area contributed by atoms with E-state index in [9.17, 15) is 4.79 Å². The molecule has 1 amide bonds. The fourth-order valence-electron chi connectivity index (χ4n) is 2.01. The quantitative estimate of drug-likeness (QED) is 0.822. The Labute approximate surface area is 107 Å². The zero-order chi connectivity index (χ0) is 13.1. The summed E-state index contributed by atoms with van der Waals surface area (Å²) in [5.41, 5.74) is 0.871. The van der Waals surface area contributed by atoms with E-state index < -0.39 is 0 Å². The molecule has 0 aliphatic heterocycles. The summed E-state index contributed by atoms with van der Waals surface area (Å²) in [7, 11) is 1.83. The van der Waals surface area contributed by atoms with Crippen molar-refractivity contribution >= 4 is 16.9 Å². The molecule has 1 atom stereocenters. The maximum Gasteiger partial charge on any atom is 0.222 e. The molecule has 2 aromatic rings. The Kier molecular flexibility index (Phi) is 3.70. The van der Waals surface area contributed by atoms with E-state index in [4.69, 9.17) is 4.42 Å². The SMILES string of the molecule is CCCC(=O)N(C)C(C)c1cc2ccccc2o1. The third-order valence-corrected chi connectivity index (χ3v) is 3.29. The summed E-state index contributed by atoms with van der Waals surface area (Å²) in [6.07, 6.45) is 1.46. The molecule has 96 valence electrons. The van der Waals surface area contributed by atoms with Gasteiger partial charge in [-0.1, -0.05) is 25.1 Å². The molecule has 0 saturated heterocycles. The minimum Gasteiger partial charge on any atom is -0.459 e. The Hall–Kier alpha value is -1.77. The molecule has 1 unspecified atom stereocenters. The lowest BCUT2D eigenvalue weighted by Gasteiger charge is -2.23. The number of carbonyl (C=O) groups excluding carboxylic acids is 1. The number of para-hydroxylation sites is 1. The van der Waals surface area contributed by atoms with Gasteiger partial charge in [0.25, 0.3) is 0 Å². The second kappa shape index (κ2) is 5.25. The smallest absolute Gasteiger partial charge is 0.222 e. The maximum absolute atomic E-state index is 11.9. The molecule has 18 heavy (non-hydrogen) atoms. The molecule has 3 heteroatoms. The van der Waals surface area contributed by atoms with Gasteiger partial charge in [0.2, 0.25) is 5.91 Å². The number of hydrogen-bond acceptors (Lipinski definition) is 2. The summed E-state index contributed by atoms with van der Waals surface area (Å²) in [5.74, 6) is 0.994. The standard InChI is InChI=1S/C15H19NO2/c1-4-7-15(17)16(3)11(2)14-10-12-8-5-6-9-13(12)18-14/h5-6,8-11H,4,7H2,1-3H3. The Morgan fingerprint density at radius 3 is 2.78 bits per heavy atom. The third-order valence-electron chi connectivity index (χ3n) is 3.29. The summed E-state index contributed by atoms with van der Waals surface area (Å²) in [6, 6.07) is 9.87. The topological polar surface area (TPSA) is 33.5 Å². The third kappa shape index (κ3) is 2.40. The Balaban J connectivity index is 2.22. The zero-order valence-corrected chi connectivity index (χ0v) is 11.1. The van der Waals surface area contributed by atoms with Crippen LogP contribution >= 0.6 is 0 Å². The van der Waals surface area contributed by atoms with Crippen LogP contribution in [0.1, 0.15) is 38.5 Å². The predicted octanol–water partition coefficient (Wildman–Crippen LogP) is 3.75. The average Bonchev–Trinajstić information content (AvgIpc) is 2.81. The molecule has 0 fully saturated rings. The lowest BCUT2D eigenvalue weighted by atomic mass is 10.2. The molecular formula is C15H19NO2. The van der Waals surface area contributed by atoms with Crippen molar-refractivity contribution in [3.8, 4) is 0 Å². The highest BCUT2D eigenvalue weighted by Gasteiger charge is 2.19. The number of rotatable bonds is 4. The normalized spacial score (nSPS) is 12.6. The molecule has 2 rings (SSSR count). The predicted molar refractivity (Wildman–Crippen MR) is 72.3 cm³/mol. The molecule has 0 aliphatic carbocycles. The summed E-state index contributed by atoms with van der Waals surface area (Å²) in [6.45, 7) is 4.00. The van der Waals surface area contributed by atoms with Crippen molar-refractivity contribution in [1.82, 2.24) is 4.90 Å². The average molecular weight is 245 g/mol. The van der Waals surface area contributed by atoms with E-state index in [1.165, 1.54) is 0 Å². The molecule has 0 radical (unpaired) electrons. The zero-order valence-electron chi connectivity index (χ0n) is 11.1. The van der Waals surface area contributed by atoms with Crippen LogP contribution in [0.15, 0.2) is 34.7 Å². The van der Waals surface area contributed by atoms with Gasteiger partial charge in [0.1, 0.15) is 11.3 Å². The number of furan rings is 1. The lowest BCUT2D eigenvalue weighted by Crippen LogP contribution is -2.29. The van der Waals surface area contributed by atoms with Gasteiger partial charge in [-0.3, -0.25) is 4.79 Å². The fourth-order valence-corrected chi connectivity index (χ4v) is 2.01. The van der Waals surface area contributed by atoms with Crippen molar-refractivity contribution in [2.45, 2.75) is 32.7 Å². The first-order chi connectivity index (χ1) is 8.63. The van der Waals surface area contributed by atoms with Crippen molar-refractivity contribution in [3.63, 3.8) is 0 Å². The minimum atomic E-state index is -0.0311. The molecule has 1 aromatic heterocycles. The van der Waals surface area contributed by atoms with Gasteiger partial charge < -0.3 is 9.32 Å². The largest absolute Gasteiger partial charge is 0.459 e. The van der Waals surface area contributed by atoms with Crippen LogP contribution in [0.3, 0.4) is 0 Å². The van der Waals surface area contributed by atoms with Crippen LogP contribution in [0.5, 0.6) is 0 Å². The number of carbonyl (C=O) groups is 1. The number of amides is 1. The molecule has 0 aliphatic rings. The second-order valence-corrected chi connectivity index (χ2v) is 4.62. The second-order valence-electron chi connectivity index (χ2n) is 4.62. The van der Waals surface area contributed by atoms with E-state index >= 15 is 0 Å². The molecule has 0 saturated carbocycles. The minimum absolute atomic E-state index is 0.0311. The van der Waals surface area contributed by atoms with Gasteiger partial charge in [0.05, 0.1) is 6.04 Å². The fraction of sp³-hybridized carbons (Fsp3) is 0.400. The highest BCUT2D eigenvalue weighted by molar-refractivity contribution is 5.79. The lowest BCUT2D eigenvalue weighted by molar-refractivity contribution is -0.132. The van der Waals surface area contributed by atoms with Gasteiger partial charge in [0, 0.05) is 18.9 Å². The highest BCUT2D eigenvalue weighted by Crippen LogP contribution is 2.26. The Morgan fingerprint density at radius 2 is 2.11 bits per heavy atom. The van der Waals surface area contributed by atoms with E-state index in [0.717, 1.165) is 23.2 Å². The van der Waals surface area contributed by atoms with E-state index in [2.05, 4.69) is 0 Å². The van der Waals surface area contributed by atoms with Crippen LogP contribution in [-0.4, -0.2) is 17.9 Å². The molecule has 3 nitrogen and oxygen atoms in total.